The maximum atomic E-state index is 10.7. The number of carbonyl (C=O) groups excluding carboxylic acids is 1. The highest BCUT2D eigenvalue weighted by atomic mass is 16.5. The van der Waals surface area contributed by atoms with Crippen LogP contribution in [0.5, 0.6) is 0 Å². The molecule has 0 fully saturated rings. The van der Waals surface area contributed by atoms with Gasteiger partial charge in [-0.15, -0.1) is 0 Å². The number of rotatable bonds is 0. The lowest BCUT2D eigenvalue weighted by atomic mass is 10.2. The molecule has 72 valence electrons. The van der Waals surface area contributed by atoms with E-state index in [9.17, 15) is 4.79 Å². The Kier molecular flexibility index (Phi) is 3.19. The van der Waals surface area contributed by atoms with Crippen molar-refractivity contribution in [2.24, 2.45) is 0 Å². The van der Waals surface area contributed by atoms with Gasteiger partial charge in [-0.1, -0.05) is 0 Å². The minimum Gasteiger partial charge on any atom is -0.459 e. The molecule has 14 heavy (non-hydrogen) atoms. The summed E-state index contributed by atoms with van der Waals surface area (Å²) in [6, 6.07) is 0. The summed E-state index contributed by atoms with van der Waals surface area (Å²) >= 11 is 0. The molecule has 4 nitrogen and oxygen atoms in total. The van der Waals surface area contributed by atoms with E-state index in [0.29, 0.717) is 5.69 Å². The highest BCUT2D eigenvalue weighted by Crippen LogP contribution is 2.04. The first-order valence-electron chi connectivity index (χ1n) is 4.03. The van der Waals surface area contributed by atoms with Crippen LogP contribution in [0, 0.1) is 25.7 Å². The van der Waals surface area contributed by atoms with Crippen LogP contribution >= 0.6 is 0 Å². The molecule has 0 spiro atoms. The number of carbonyl (C=O) groups is 1. The third-order valence-corrected chi connectivity index (χ3v) is 1.80. The smallest absolute Gasteiger partial charge is 0.384 e. The van der Waals surface area contributed by atoms with Crippen LogP contribution in [0.3, 0.4) is 0 Å². The molecular formula is C10H10N2O2. The van der Waals surface area contributed by atoms with Crippen LogP contribution in [0.15, 0.2) is 6.33 Å². The molecule has 0 aliphatic heterocycles. The van der Waals surface area contributed by atoms with Crippen LogP contribution in [-0.2, 0) is 9.53 Å². The molecule has 0 aromatic carbocycles. The molecule has 0 atom stereocenters. The van der Waals surface area contributed by atoms with Gasteiger partial charge in [-0.3, -0.25) is 0 Å². The van der Waals surface area contributed by atoms with E-state index in [1.54, 1.807) is 0 Å². The van der Waals surface area contributed by atoms with E-state index in [-0.39, 0.29) is 0 Å². The predicted octanol–water partition coefficient (Wildman–Crippen LogP) is 0.618. The normalized spacial score (nSPS) is 8.79. The Morgan fingerprint density at radius 1 is 1.43 bits per heavy atom. The summed E-state index contributed by atoms with van der Waals surface area (Å²) < 4.78 is 4.39. The fourth-order valence-electron chi connectivity index (χ4n) is 0.825. The highest BCUT2D eigenvalue weighted by Gasteiger charge is 2.00. The zero-order chi connectivity index (χ0) is 10.6. The standard InChI is InChI=1S/C10H10N2O2/c1-7-8(2)11-6-12-9(7)4-5-10(13)14-3/h6H,1-3H3. The number of nitrogens with zero attached hydrogens (tertiary/aromatic N) is 2. The van der Waals surface area contributed by atoms with Gasteiger partial charge in [0.05, 0.1) is 7.11 Å². The molecule has 1 aromatic rings. The Morgan fingerprint density at radius 2 is 2.14 bits per heavy atom. The minimum atomic E-state index is -0.569. The van der Waals surface area contributed by atoms with Gasteiger partial charge in [-0.25, -0.2) is 14.8 Å². The van der Waals surface area contributed by atoms with Gasteiger partial charge >= 0.3 is 5.97 Å². The number of ether oxygens (including phenoxy) is 1. The first kappa shape index (κ1) is 10.2. The average molecular weight is 190 g/mol. The Morgan fingerprint density at radius 3 is 2.79 bits per heavy atom. The zero-order valence-electron chi connectivity index (χ0n) is 8.29. The third kappa shape index (κ3) is 2.30. The van der Waals surface area contributed by atoms with Gasteiger partial charge in [0.2, 0.25) is 0 Å². The molecule has 0 saturated heterocycles. The Balaban J connectivity index is 3.01. The molecule has 0 amide bonds. The first-order chi connectivity index (χ1) is 6.65. The number of hydrogen-bond donors (Lipinski definition) is 0. The Labute approximate surface area is 82.3 Å². The van der Waals surface area contributed by atoms with Gasteiger partial charge in [0, 0.05) is 17.2 Å². The summed E-state index contributed by atoms with van der Waals surface area (Å²) in [6.07, 6.45) is 1.42. The summed E-state index contributed by atoms with van der Waals surface area (Å²) in [5.74, 6) is 4.38. The van der Waals surface area contributed by atoms with Crippen molar-refractivity contribution < 1.29 is 9.53 Å². The Bertz CT molecular complexity index is 416. The molecule has 1 rings (SSSR count). The van der Waals surface area contributed by atoms with Crippen molar-refractivity contribution in [2.45, 2.75) is 13.8 Å². The van der Waals surface area contributed by atoms with E-state index in [1.807, 2.05) is 13.8 Å². The molecule has 0 N–H and O–H groups in total. The van der Waals surface area contributed by atoms with Crippen LogP contribution < -0.4 is 0 Å². The molecule has 0 unspecified atom stereocenters. The second-order valence-corrected chi connectivity index (χ2v) is 2.67. The van der Waals surface area contributed by atoms with Gasteiger partial charge < -0.3 is 4.74 Å². The number of aromatic nitrogens is 2. The van der Waals surface area contributed by atoms with Gasteiger partial charge in [-0.2, -0.15) is 0 Å². The van der Waals surface area contributed by atoms with E-state index in [4.69, 9.17) is 0 Å². The van der Waals surface area contributed by atoms with Crippen molar-refractivity contribution in [2.75, 3.05) is 7.11 Å². The SMILES string of the molecule is COC(=O)C#Cc1ncnc(C)c1C. The third-order valence-electron chi connectivity index (χ3n) is 1.80. The quantitative estimate of drug-likeness (QED) is 0.444. The molecule has 4 heteroatoms. The maximum absolute atomic E-state index is 10.7. The number of esters is 1. The lowest BCUT2D eigenvalue weighted by Gasteiger charge is -1.98. The fourth-order valence-corrected chi connectivity index (χ4v) is 0.825. The molecular weight excluding hydrogens is 180 g/mol. The predicted molar refractivity (Wildman–Crippen MR) is 50.4 cm³/mol. The first-order valence-corrected chi connectivity index (χ1v) is 4.03. The van der Waals surface area contributed by atoms with Crippen molar-refractivity contribution in [1.82, 2.24) is 9.97 Å². The molecule has 0 bridgehead atoms. The van der Waals surface area contributed by atoms with Gasteiger partial charge in [-0.05, 0) is 19.8 Å². The lowest BCUT2D eigenvalue weighted by molar-refractivity contribution is -0.133. The van der Waals surface area contributed by atoms with Crippen LogP contribution in [0.4, 0.5) is 0 Å². The highest BCUT2D eigenvalue weighted by molar-refractivity contribution is 5.88. The van der Waals surface area contributed by atoms with E-state index in [2.05, 4.69) is 26.5 Å². The van der Waals surface area contributed by atoms with Crippen LogP contribution in [0.25, 0.3) is 0 Å². The van der Waals surface area contributed by atoms with Crippen molar-refractivity contribution >= 4 is 5.97 Å². The molecule has 0 aliphatic rings. The fraction of sp³-hybridized carbons (Fsp3) is 0.300. The summed E-state index contributed by atoms with van der Waals surface area (Å²) in [5, 5.41) is 0. The zero-order valence-corrected chi connectivity index (χ0v) is 8.29. The van der Waals surface area contributed by atoms with Crippen LogP contribution in [0.1, 0.15) is 17.0 Å². The molecule has 0 aliphatic carbocycles. The molecule has 1 heterocycles. The maximum Gasteiger partial charge on any atom is 0.384 e. The van der Waals surface area contributed by atoms with E-state index in [0.717, 1.165) is 11.3 Å². The topological polar surface area (TPSA) is 52.1 Å². The van der Waals surface area contributed by atoms with E-state index in [1.165, 1.54) is 13.4 Å². The second-order valence-electron chi connectivity index (χ2n) is 2.67. The van der Waals surface area contributed by atoms with Crippen molar-refractivity contribution in [3.8, 4) is 11.8 Å². The van der Waals surface area contributed by atoms with E-state index < -0.39 is 5.97 Å². The summed E-state index contributed by atoms with van der Waals surface area (Å²) in [4.78, 5) is 18.7. The molecule has 1 aromatic heterocycles. The monoisotopic (exact) mass is 190 g/mol. The summed E-state index contributed by atoms with van der Waals surface area (Å²) in [7, 11) is 1.29. The van der Waals surface area contributed by atoms with Crippen LogP contribution in [0.2, 0.25) is 0 Å². The van der Waals surface area contributed by atoms with Gasteiger partial charge in [0.1, 0.15) is 12.0 Å². The van der Waals surface area contributed by atoms with Gasteiger partial charge in [0.25, 0.3) is 0 Å². The largest absolute Gasteiger partial charge is 0.459 e. The van der Waals surface area contributed by atoms with Crippen LogP contribution in [-0.4, -0.2) is 23.0 Å². The minimum absolute atomic E-state index is 0.558. The summed E-state index contributed by atoms with van der Waals surface area (Å²) in [5.41, 5.74) is 2.29. The summed E-state index contributed by atoms with van der Waals surface area (Å²) in [6.45, 7) is 3.72. The number of hydrogen-bond acceptors (Lipinski definition) is 4. The average Bonchev–Trinajstić information content (AvgIpc) is 2.20. The molecule has 0 saturated carbocycles. The lowest BCUT2D eigenvalue weighted by Crippen LogP contribution is -1.97. The number of aryl methyl sites for hydroxylation is 1. The van der Waals surface area contributed by atoms with E-state index >= 15 is 0 Å². The number of methoxy groups -OCH3 is 1. The van der Waals surface area contributed by atoms with Crippen molar-refractivity contribution in [3.63, 3.8) is 0 Å². The van der Waals surface area contributed by atoms with Gasteiger partial charge in [0.15, 0.2) is 0 Å². The second kappa shape index (κ2) is 4.38. The van der Waals surface area contributed by atoms with Crippen molar-refractivity contribution in [1.29, 1.82) is 0 Å². The molecule has 0 radical (unpaired) electrons. The van der Waals surface area contributed by atoms with Crippen molar-refractivity contribution in [3.05, 3.63) is 23.3 Å². The Hall–Kier alpha value is -1.89.